The Labute approximate surface area is 124 Å². The number of halogens is 3. The lowest BCUT2D eigenvalue weighted by Crippen LogP contribution is -2.14. The van der Waals surface area contributed by atoms with Gasteiger partial charge in [0, 0.05) is 6.20 Å². The van der Waals surface area contributed by atoms with E-state index in [1.807, 2.05) is 0 Å². The van der Waals surface area contributed by atoms with Crippen molar-refractivity contribution in [1.29, 1.82) is 0 Å². The summed E-state index contributed by atoms with van der Waals surface area (Å²) in [5.74, 6) is -0.791. The Balaban J connectivity index is 2.43. The molecule has 0 bridgehead atoms. The number of aromatic nitrogens is 1. The molecule has 3 N–H and O–H groups in total. The molecule has 1 aromatic heterocycles. The Morgan fingerprint density at radius 1 is 1.25 bits per heavy atom. The number of rotatable bonds is 3. The highest BCUT2D eigenvalue weighted by molar-refractivity contribution is 7.92. The molecule has 1 aromatic carbocycles. The summed E-state index contributed by atoms with van der Waals surface area (Å²) in [4.78, 5) is 3.39. The van der Waals surface area contributed by atoms with Crippen LogP contribution in [0.25, 0.3) is 0 Å². The van der Waals surface area contributed by atoms with Gasteiger partial charge in [-0.25, -0.2) is 17.8 Å². The second kappa shape index (κ2) is 5.43. The molecule has 1 heterocycles. The van der Waals surface area contributed by atoms with E-state index in [1.54, 1.807) is 0 Å². The first kappa shape index (κ1) is 14.8. The van der Waals surface area contributed by atoms with Crippen molar-refractivity contribution in [1.82, 2.24) is 4.98 Å². The zero-order chi connectivity index (χ0) is 14.9. The molecule has 106 valence electrons. The lowest BCUT2D eigenvalue weighted by molar-refractivity contribution is 0.600. The van der Waals surface area contributed by atoms with Crippen LogP contribution in [0.15, 0.2) is 35.4 Å². The maximum Gasteiger partial charge on any atom is 0.263 e. The first-order valence-electron chi connectivity index (χ1n) is 5.18. The van der Waals surface area contributed by atoms with Crippen LogP contribution in [0.2, 0.25) is 10.2 Å². The molecule has 0 aliphatic heterocycles. The highest BCUT2D eigenvalue weighted by Gasteiger charge is 2.20. The minimum Gasteiger partial charge on any atom is -0.396 e. The number of hydrogen-bond acceptors (Lipinski definition) is 4. The lowest BCUT2D eigenvalue weighted by atomic mass is 10.3. The third-order valence-electron chi connectivity index (χ3n) is 2.32. The van der Waals surface area contributed by atoms with Crippen molar-refractivity contribution in [2.24, 2.45) is 0 Å². The number of sulfonamides is 1. The zero-order valence-electron chi connectivity index (χ0n) is 9.77. The summed E-state index contributed by atoms with van der Waals surface area (Å²) in [6, 6.07) is 4.51. The van der Waals surface area contributed by atoms with Gasteiger partial charge in [0.2, 0.25) is 0 Å². The highest BCUT2D eigenvalue weighted by Crippen LogP contribution is 2.28. The van der Waals surface area contributed by atoms with Crippen molar-refractivity contribution in [3.05, 3.63) is 46.5 Å². The minimum absolute atomic E-state index is 0.120. The summed E-state index contributed by atoms with van der Waals surface area (Å²) < 4.78 is 39.7. The predicted octanol–water partition coefficient (Wildman–Crippen LogP) is 2.91. The molecule has 0 unspecified atom stereocenters. The molecule has 9 heteroatoms. The van der Waals surface area contributed by atoms with Crippen LogP contribution in [0.4, 0.5) is 15.8 Å². The molecular formula is C11H8Cl2FN3O2S. The van der Waals surface area contributed by atoms with Crippen molar-refractivity contribution in [2.45, 2.75) is 4.90 Å². The third kappa shape index (κ3) is 3.12. The lowest BCUT2D eigenvalue weighted by Gasteiger charge is -2.10. The molecule has 0 saturated carbocycles. The number of nitrogens with zero attached hydrogens (tertiary/aromatic N) is 1. The largest absolute Gasteiger partial charge is 0.396 e. The standard InChI is InChI=1S/C11H8Cl2FN3O2S/c12-7-4-8(14)9(15)5-10(7)20(18,19)17-6-1-2-16-11(13)3-6/h1-5H,15H2,(H,16,17). The van der Waals surface area contributed by atoms with E-state index in [0.717, 1.165) is 12.1 Å². The van der Waals surface area contributed by atoms with E-state index in [9.17, 15) is 12.8 Å². The molecular weight excluding hydrogens is 328 g/mol. The van der Waals surface area contributed by atoms with Crippen LogP contribution in [0.5, 0.6) is 0 Å². The molecule has 0 radical (unpaired) electrons. The fourth-order valence-electron chi connectivity index (χ4n) is 1.43. The smallest absolute Gasteiger partial charge is 0.263 e. The summed E-state index contributed by atoms with van der Waals surface area (Å²) in [5, 5.41) is -0.153. The summed E-state index contributed by atoms with van der Waals surface area (Å²) >= 11 is 11.4. The molecule has 20 heavy (non-hydrogen) atoms. The molecule has 0 amide bonds. The molecule has 0 spiro atoms. The summed E-state index contributed by atoms with van der Waals surface area (Å²) in [7, 11) is -4.02. The van der Waals surface area contributed by atoms with E-state index in [2.05, 4.69) is 9.71 Å². The van der Waals surface area contributed by atoms with E-state index in [-0.39, 0.29) is 26.4 Å². The number of pyridine rings is 1. The maximum absolute atomic E-state index is 13.2. The molecule has 0 saturated heterocycles. The number of nitrogens with one attached hydrogen (secondary N) is 1. The van der Waals surface area contributed by atoms with Gasteiger partial charge in [-0.2, -0.15) is 0 Å². The van der Waals surface area contributed by atoms with Crippen molar-refractivity contribution >= 4 is 44.6 Å². The van der Waals surface area contributed by atoms with Gasteiger partial charge in [-0.3, -0.25) is 4.72 Å². The van der Waals surface area contributed by atoms with Crippen molar-refractivity contribution in [3.8, 4) is 0 Å². The van der Waals surface area contributed by atoms with Gasteiger partial charge >= 0.3 is 0 Å². The predicted molar refractivity (Wildman–Crippen MR) is 75.9 cm³/mol. The van der Waals surface area contributed by atoms with Crippen LogP contribution in [-0.4, -0.2) is 13.4 Å². The Morgan fingerprint density at radius 3 is 2.60 bits per heavy atom. The molecule has 0 aliphatic carbocycles. The first-order chi connectivity index (χ1) is 9.29. The monoisotopic (exact) mass is 335 g/mol. The van der Waals surface area contributed by atoms with Crippen molar-refractivity contribution in [2.75, 3.05) is 10.5 Å². The van der Waals surface area contributed by atoms with Crippen LogP contribution >= 0.6 is 23.2 Å². The normalized spacial score (nSPS) is 11.3. The van der Waals surface area contributed by atoms with Crippen LogP contribution in [0.1, 0.15) is 0 Å². The fourth-order valence-corrected chi connectivity index (χ4v) is 3.20. The topological polar surface area (TPSA) is 85.1 Å². The van der Waals surface area contributed by atoms with Gasteiger partial charge in [-0.05, 0) is 24.3 Å². The second-order valence-corrected chi connectivity index (χ2v) is 6.22. The van der Waals surface area contributed by atoms with E-state index in [4.69, 9.17) is 28.9 Å². The van der Waals surface area contributed by atoms with Crippen molar-refractivity contribution in [3.63, 3.8) is 0 Å². The molecule has 0 fully saturated rings. The van der Waals surface area contributed by atoms with Crippen LogP contribution in [-0.2, 0) is 10.0 Å². The average Bonchev–Trinajstić information content (AvgIpc) is 2.33. The average molecular weight is 336 g/mol. The number of nitrogens with two attached hydrogens (primary N) is 1. The number of anilines is 2. The van der Waals surface area contributed by atoms with Crippen molar-refractivity contribution < 1.29 is 12.8 Å². The number of nitrogen functional groups attached to an aromatic ring is 1. The first-order valence-corrected chi connectivity index (χ1v) is 7.42. The highest BCUT2D eigenvalue weighted by atomic mass is 35.5. The summed E-state index contributed by atoms with van der Waals surface area (Å²) in [6.45, 7) is 0. The Bertz CT molecular complexity index is 768. The molecule has 2 aromatic rings. The zero-order valence-corrected chi connectivity index (χ0v) is 12.1. The quantitative estimate of drug-likeness (QED) is 0.667. The van der Waals surface area contributed by atoms with Gasteiger partial charge in [-0.15, -0.1) is 0 Å². The Hall–Kier alpha value is -1.57. The van der Waals surface area contributed by atoms with Gasteiger partial charge in [0.05, 0.1) is 16.4 Å². The van der Waals surface area contributed by atoms with E-state index in [0.29, 0.717) is 0 Å². The van der Waals surface area contributed by atoms with Gasteiger partial charge in [-0.1, -0.05) is 23.2 Å². The minimum atomic E-state index is -4.02. The molecule has 0 atom stereocenters. The third-order valence-corrected chi connectivity index (χ3v) is 4.37. The molecule has 0 aliphatic rings. The number of benzene rings is 1. The van der Waals surface area contributed by atoms with Gasteiger partial charge in [0.25, 0.3) is 10.0 Å². The van der Waals surface area contributed by atoms with Gasteiger partial charge in [0.1, 0.15) is 15.9 Å². The van der Waals surface area contributed by atoms with Gasteiger partial charge < -0.3 is 5.73 Å². The fraction of sp³-hybridized carbons (Fsp3) is 0. The van der Waals surface area contributed by atoms with E-state index < -0.39 is 15.8 Å². The molecule has 2 rings (SSSR count). The second-order valence-electron chi connectivity index (χ2n) is 3.78. The SMILES string of the molecule is Nc1cc(S(=O)(=O)Nc2ccnc(Cl)c2)c(Cl)cc1F. The Kier molecular flexibility index (Phi) is 4.03. The molecule has 5 nitrogen and oxygen atoms in total. The van der Waals surface area contributed by atoms with Crippen LogP contribution in [0, 0.1) is 5.82 Å². The summed E-state index contributed by atoms with van der Waals surface area (Å²) in [6.07, 6.45) is 1.33. The number of hydrogen-bond donors (Lipinski definition) is 2. The van der Waals surface area contributed by atoms with Crippen LogP contribution in [0.3, 0.4) is 0 Å². The Morgan fingerprint density at radius 2 is 1.95 bits per heavy atom. The van der Waals surface area contributed by atoms with Crippen LogP contribution < -0.4 is 10.5 Å². The maximum atomic E-state index is 13.2. The summed E-state index contributed by atoms with van der Waals surface area (Å²) in [5.41, 5.74) is 5.23. The van der Waals surface area contributed by atoms with E-state index >= 15 is 0 Å². The van der Waals surface area contributed by atoms with E-state index in [1.165, 1.54) is 18.3 Å². The van der Waals surface area contributed by atoms with Gasteiger partial charge in [0.15, 0.2) is 0 Å².